The quantitative estimate of drug-likeness (QED) is 0.265. The Morgan fingerprint density at radius 3 is 2.27 bits per heavy atom. The molecule has 1 aromatic carbocycles. The monoisotopic (exact) mass is 579 g/mol. The third-order valence-electron chi connectivity index (χ3n) is 8.55. The lowest BCUT2D eigenvalue weighted by molar-refractivity contribution is -0.123. The van der Waals surface area contributed by atoms with Gasteiger partial charge in [0.1, 0.15) is 6.10 Å². The molecule has 2 bridgehead atoms. The van der Waals surface area contributed by atoms with Gasteiger partial charge >= 0.3 is 5.97 Å². The lowest BCUT2D eigenvalue weighted by atomic mass is 9.75. The van der Waals surface area contributed by atoms with Gasteiger partial charge < -0.3 is 4.74 Å². The van der Waals surface area contributed by atoms with Crippen LogP contribution >= 0.6 is 31.9 Å². The topological polar surface area (TPSA) is 63.7 Å². The fourth-order valence-corrected chi connectivity index (χ4v) is 8.70. The molecule has 0 N–H and O–H groups in total. The molecule has 4 fully saturated rings. The van der Waals surface area contributed by atoms with E-state index in [0.717, 1.165) is 19.3 Å². The third-order valence-corrected chi connectivity index (χ3v) is 11.8. The predicted molar refractivity (Wildman–Crippen MR) is 133 cm³/mol. The van der Waals surface area contributed by atoms with Crippen molar-refractivity contribution in [3.05, 3.63) is 29.8 Å². The van der Waals surface area contributed by atoms with Crippen LogP contribution in [0.5, 0.6) is 0 Å². The van der Waals surface area contributed by atoms with Gasteiger partial charge in [0.05, 0.1) is 23.1 Å². The molecule has 178 valence electrons. The van der Waals surface area contributed by atoms with Crippen molar-refractivity contribution in [2.75, 3.05) is 4.90 Å². The van der Waals surface area contributed by atoms with Crippen LogP contribution in [0.25, 0.3) is 0 Å². The molecule has 33 heavy (non-hydrogen) atoms. The first kappa shape index (κ1) is 23.5. The molecule has 0 aromatic heterocycles. The molecule has 3 aliphatic carbocycles. The number of rotatable bonds is 4. The second-order valence-corrected chi connectivity index (χ2v) is 13.0. The van der Waals surface area contributed by atoms with E-state index in [1.54, 1.807) is 24.3 Å². The second-order valence-electron chi connectivity index (χ2n) is 10.8. The van der Waals surface area contributed by atoms with E-state index in [2.05, 4.69) is 52.6 Å². The van der Waals surface area contributed by atoms with E-state index in [1.807, 2.05) is 0 Å². The van der Waals surface area contributed by atoms with Crippen LogP contribution in [0.4, 0.5) is 5.69 Å². The van der Waals surface area contributed by atoms with E-state index < -0.39 is 0 Å². The number of anilines is 1. The first-order chi connectivity index (χ1) is 15.7. The Balaban J connectivity index is 1.36. The van der Waals surface area contributed by atoms with Gasteiger partial charge in [-0.15, -0.1) is 0 Å². The van der Waals surface area contributed by atoms with Crippen LogP contribution in [0.2, 0.25) is 0 Å². The van der Waals surface area contributed by atoms with Gasteiger partial charge in [0.15, 0.2) is 0 Å². The first-order valence-electron chi connectivity index (χ1n) is 12.2. The number of ether oxygens (including phenoxy) is 1. The highest BCUT2D eigenvalue weighted by Gasteiger charge is 2.66. The van der Waals surface area contributed by atoms with Gasteiger partial charge in [0.2, 0.25) is 11.8 Å². The summed E-state index contributed by atoms with van der Waals surface area (Å²) in [6.07, 6.45) is 3.92. The normalized spacial score (nSPS) is 39.9. The van der Waals surface area contributed by atoms with Crippen LogP contribution in [-0.2, 0) is 14.3 Å². The fraction of sp³-hybridized carbons (Fsp3) is 0.654. The highest BCUT2D eigenvalue weighted by molar-refractivity contribution is 9.12. The van der Waals surface area contributed by atoms with Crippen LogP contribution in [0.1, 0.15) is 56.8 Å². The number of amides is 2. The molecule has 0 radical (unpaired) electrons. The SMILES string of the molecule is CC(C)[C@H]1CC[C@@H](C)C[C@H]1OC(=O)c1cccc(N2C(=O)[C@@H]3[C@H]4C[C@@H]([C@@H](Br)[C@H]4Br)[C@H]3C2=O)c1. The lowest BCUT2D eigenvalue weighted by Gasteiger charge is -2.36. The van der Waals surface area contributed by atoms with Crippen LogP contribution < -0.4 is 4.90 Å². The zero-order valence-corrected chi connectivity index (χ0v) is 22.4. The van der Waals surface area contributed by atoms with E-state index in [1.165, 1.54) is 11.3 Å². The predicted octanol–water partition coefficient (Wildman–Crippen LogP) is 5.59. The van der Waals surface area contributed by atoms with Crippen molar-refractivity contribution in [2.45, 2.75) is 62.2 Å². The minimum Gasteiger partial charge on any atom is -0.458 e. The van der Waals surface area contributed by atoms with Crippen molar-refractivity contribution >= 4 is 55.3 Å². The Hall–Kier alpha value is -1.21. The van der Waals surface area contributed by atoms with E-state index in [0.29, 0.717) is 29.0 Å². The zero-order chi connectivity index (χ0) is 23.6. The first-order valence-corrected chi connectivity index (χ1v) is 14.0. The average molecular weight is 581 g/mol. The maximum atomic E-state index is 13.3. The van der Waals surface area contributed by atoms with Gasteiger partial charge in [-0.05, 0) is 67.1 Å². The van der Waals surface area contributed by atoms with Gasteiger partial charge in [-0.25, -0.2) is 4.79 Å². The number of halogens is 2. The van der Waals surface area contributed by atoms with Crippen LogP contribution in [0, 0.1) is 41.4 Å². The summed E-state index contributed by atoms with van der Waals surface area (Å²) in [5, 5.41) is 0. The Morgan fingerprint density at radius 2 is 1.67 bits per heavy atom. The number of alkyl halides is 2. The zero-order valence-electron chi connectivity index (χ0n) is 19.2. The number of hydrogen-bond donors (Lipinski definition) is 0. The Bertz CT molecular complexity index is 949. The number of imide groups is 1. The van der Waals surface area contributed by atoms with Crippen molar-refractivity contribution in [3.8, 4) is 0 Å². The standard InChI is InChI=1S/C26H31Br2NO4/c1-12(2)16-8-7-13(3)9-19(16)33-26(32)14-5-4-6-15(10-14)29-24(30)20-17-11-18(21(20)25(29)31)23(28)22(17)27/h4-6,10,12-13,16-23H,7-9,11H2,1-3H3/t13-,16-,17-,18-,19-,20-,21-,22-,23+/m1/s1. The van der Waals surface area contributed by atoms with E-state index in [-0.39, 0.29) is 57.2 Å². The Labute approximate surface area is 212 Å². The lowest BCUT2D eigenvalue weighted by Crippen LogP contribution is -2.37. The van der Waals surface area contributed by atoms with E-state index in [4.69, 9.17) is 4.74 Å². The average Bonchev–Trinajstić information content (AvgIpc) is 3.38. The van der Waals surface area contributed by atoms with E-state index >= 15 is 0 Å². The molecule has 1 heterocycles. The van der Waals surface area contributed by atoms with Gasteiger partial charge in [-0.1, -0.05) is 65.1 Å². The Kier molecular flexibility index (Phi) is 6.26. The maximum absolute atomic E-state index is 13.3. The van der Waals surface area contributed by atoms with Crippen molar-refractivity contribution in [2.24, 2.45) is 41.4 Å². The minimum absolute atomic E-state index is 0.0957. The van der Waals surface area contributed by atoms with Crippen molar-refractivity contribution in [1.29, 1.82) is 0 Å². The molecular formula is C26H31Br2NO4. The van der Waals surface area contributed by atoms with E-state index in [9.17, 15) is 14.4 Å². The highest BCUT2D eigenvalue weighted by atomic mass is 79.9. The summed E-state index contributed by atoms with van der Waals surface area (Å²) >= 11 is 7.46. The van der Waals surface area contributed by atoms with Gasteiger partial charge in [0.25, 0.3) is 0 Å². The molecule has 5 nitrogen and oxygen atoms in total. The smallest absolute Gasteiger partial charge is 0.338 e. The number of nitrogens with zero attached hydrogens (tertiary/aromatic N) is 1. The van der Waals surface area contributed by atoms with Gasteiger partial charge in [-0.3, -0.25) is 14.5 Å². The summed E-state index contributed by atoms with van der Waals surface area (Å²) in [6.45, 7) is 6.58. The molecule has 5 rings (SSSR count). The molecule has 1 aromatic rings. The summed E-state index contributed by atoms with van der Waals surface area (Å²) in [4.78, 5) is 41.5. The molecule has 7 heteroatoms. The number of carbonyl (C=O) groups is 3. The summed E-state index contributed by atoms with van der Waals surface area (Å²) < 4.78 is 6.00. The summed E-state index contributed by atoms with van der Waals surface area (Å²) in [6, 6.07) is 6.83. The van der Waals surface area contributed by atoms with Gasteiger partial charge in [-0.2, -0.15) is 0 Å². The summed E-state index contributed by atoms with van der Waals surface area (Å²) in [5.41, 5.74) is 0.869. The largest absolute Gasteiger partial charge is 0.458 e. The van der Waals surface area contributed by atoms with Crippen molar-refractivity contribution in [1.82, 2.24) is 0 Å². The van der Waals surface area contributed by atoms with Crippen LogP contribution in [0.3, 0.4) is 0 Å². The molecular weight excluding hydrogens is 550 g/mol. The van der Waals surface area contributed by atoms with Crippen LogP contribution in [-0.4, -0.2) is 33.5 Å². The number of hydrogen-bond acceptors (Lipinski definition) is 4. The Morgan fingerprint density at radius 1 is 1.03 bits per heavy atom. The summed E-state index contributed by atoms with van der Waals surface area (Å²) in [7, 11) is 0. The number of benzene rings is 1. The molecule has 1 saturated heterocycles. The molecule has 4 aliphatic rings. The van der Waals surface area contributed by atoms with Crippen LogP contribution in [0.15, 0.2) is 24.3 Å². The fourth-order valence-electron chi connectivity index (χ4n) is 6.83. The molecule has 2 amide bonds. The van der Waals surface area contributed by atoms with Crippen molar-refractivity contribution < 1.29 is 19.1 Å². The number of esters is 1. The third kappa shape index (κ3) is 3.81. The molecule has 1 aliphatic heterocycles. The molecule has 9 atom stereocenters. The van der Waals surface area contributed by atoms with Gasteiger partial charge in [0, 0.05) is 9.65 Å². The summed E-state index contributed by atoms with van der Waals surface area (Å²) in [5.74, 6) is 0.504. The molecule has 0 spiro atoms. The minimum atomic E-state index is -0.373. The number of fused-ring (bicyclic) bond motifs is 5. The molecule has 0 unspecified atom stereocenters. The second kappa shape index (κ2) is 8.78. The molecule has 3 saturated carbocycles. The van der Waals surface area contributed by atoms with Crippen molar-refractivity contribution in [3.63, 3.8) is 0 Å². The highest BCUT2D eigenvalue weighted by Crippen LogP contribution is 2.60. The maximum Gasteiger partial charge on any atom is 0.338 e. The number of carbonyl (C=O) groups excluding carboxylic acids is 3.